The van der Waals surface area contributed by atoms with E-state index in [1.807, 2.05) is 0 Å². The zero-order chi connectivity index (χ0) is 16.5. The van der Waals surface area contributed by atoms with E-state index in [1.165, 1.54) is 18.0 Å². The summed E-state index contributed by atoms with van der Waals surface area (Å²) in [5, 5.41) is 3.06. The molecule has 1 amide bonds. The van der Waals surface area contributed by atoms with E-state index in [4.69, 9.17) is 11.6 Å². The number of piperidine rings is 1. The van der Waals surface area contributed by atoms with E-state index in [0.29, 0.717) is 17.4 Å². The standard InChI is InChI=1S/C13H18ClF3N4O/c1-8(22)19-9-3-4-10(13(15,16)17)21(6-9)7-12-18-5-11(14)20(12)2/h5,9-10H,3-4,6-7H2,1-2H3,(H,19,22)/t9-,10+/m1/s1. The van der Waals surface area contributed by atoms with Gasteiger partial charge >= 0.3 is 6.18 Å². The van der Waals surface area contributed by atoms with Gasteiger partial charge in [-0.2, -0.15) is 13.2 Å². The Kier molecular flexibility index (Phi) is 5.01. The summed E-state index contributed by atoms with van der Waals surface area (Å²) in [5.74, 6) is 0.221. The second kappa shape index (κ2) is 6.45. The molecule has 0 bridgehead atoms. The highest BCUT2D eigenvalue weighted by atomic mass is 35.5. The Hall–Kier alpha value is -1.28. The molecule has 2 rings (SSSR count). The molecule has 0 spiro atoms. The Labute approximate surface area is 131 Å². The molecule has 0 aliphatic carbocycles. The molecule has 0 aromatic carbocycles. The molecule has 1 aromatic rings. The van der Waals surface area contributed by atoms with Crippen LogP contribution in [0.3, 0.4) is 0 Å². The molecule has 1 N–H and O–H groups in total. The molecule has 22 heavy (non-hydrogen) atoms. The number of rotatable bonds is 3. The second-order valence-corrected chi connectivity index (χ2v) is 5.91. The fraction of sp³-hybridized carbons (Fsp3) is 0.692. The summed E-state index contributed by atoms with van der Waals surface area (Å²) in [6.07, 6.45) is -2.64. The Morgan fingerprint density at radius 3 is 2.68 bits per heavy atom. The van der Waals surface area contributed by atoms with Crippen molar-refractivity contribution in [3.63, 3.8) is 0 Å². The molecular formula is C13H18ClF3N4O. The van der Waals surface area contributed by atoms with Crippen LogP contribution in [-0.4, -0.2) is 45.2 Å². The number of alkyl halides is 3. The van der Waals surface area contributed by atoms with E-state index in [-0.39, 0.29) is 31.5 Å². The monoisotopic (exact) mass is 338 g/mol. The maximum Gasteiger partial charge on any atom is 0.404 e. The van der Waals surface area contributed by atoms with Gasteiger partial charge in [0, 0.05) is 26.6 Å². The van der Waals surface area contributed by atoms with E-state index in [2.05, 4.69) is 10.3 Å². The number of nitrogens with zero attached hydrogens (tertiary/aromatic N) is 3. The quantitative estimate of drug-likeness (QED) is 0.918. The molecule has 1 aliphatic rings. The van der Waals surface area contributed by atoms with Crippen LogP contribution in [-0.2, 0) is 18.4 Å². The highest BCUT2D eigenvalue weighted by molar-refractivity contribution is 6.29. The molecular weight excluding hydrogens is 321 g/mol. The summed E-state index contributed by atoms with van der Waals surface area (Å²) in [4.78, 5) is 16.5. The maximum absolute atomic E-state index is 13.2. The molecule has 1 saturated heterocycles. The first kappa shape index (κ1) is 17.1. The van der Waals surface area contributed by atoms with Crippen molar-refractivity contribution in [3.8, 4) is 0 Å². The molecule has 2 atom stereocenters. The third-order valence-corrected chi connectivity index (χ3v) is 4.19. The molecule has 5 nitrogen and oxygen atoms in total. The SMILES string of the molecule is CC(=O)N[C@@H]1CC[C@@H](C(F)(F)F)N(Cc2ncc(Cl)n2C)C1. The van der Waals surface area contributed by atoms with Crippen molar-refractivity contribution in [1.82, 2.24) is 19.8 Å². The van der Waals surface area contributed by atoms with Crippen LogP contribution in [0.2, 0.25) is 5.15 Å². The Bertz CT molecular complexity index is 546. The van der Waals surface area contributed by atoms with Gasteiger partial charge in [0.15, 0.2) is 0 Å². The predicted octanol–water partition coefficient (Wildman–Crippen LogP) is 2.10. The molecule has 1 aliphatic heterocycles. The number of hydrogen-bond acceptors (Lipinski definition) is 3. The Balaban J connectivity index is 2.16. The highest BCUT2D eigenvalue weighted by Gasteiger charge is 2.46. The minimum absolute atomic E-state index is 0.0312. The lowest BCUT2D eigenvalue weighted by atomic mass is 9.97. The number of likely N-dealkylation sites (tertiary alicyclic amines) is 1. The van der Waals surface area contributed by atoms with Gasteiger partial charge in [-0.15, -0.1) is 0 Å². The minimum Gasteiger partial charge on any atom is -0.352 e. The molecule has 2 heterocycles. The lowest BCUT2D eigenvalue weighted by Crippen LogP contribution is -2.55. The van der Waals surface area contributed by atoms with Gasteiger partial charge in [0.2, 0.25) is 5.91 Å². The Morgan fingerprint density at radius 2 is 2.18 bits per heavy atom. The number of imidazole rings is 1. The number of aromatic nitrogens is 2. The van der Waals surface area contributed by atoms with Gasteiger partial charge in [-0.25, -0.2) is 4.98 Å². The highest BCUT2D eigenvalue weighted by Crippen LogP contribution is 2.33. The summed E-state index contributed by atoms with van der Waals surface area (Å²) in [6.45, 7) is 1.52. The number of carbonyl (C=O) groups is 1. The van der Waals surface area contributed by atoms with Gasteiger partial charge in [0.05, 0.1) is 12.7 Å². The van der Waals surface area contributed by atoms with E-state index in [9.17, 15) is 18.0 Å². The van der Waals surface area contributed by atoms with Crippen LogP contribution in [0.15, 0.2) is 6.20 Å². The molecule has 0 saturated carbocycles. The molecule has 0 unspecified atom stereocenters. The maximum atomic E-state index is 13.2. The van der Waals surface area contributed by atoms with Crippen molar-refractivity contribution in [1.29, 1.82) is 0 Å². The summed E-state index contributed by atoms with van der Waals surface area (Å²) >= 11 is 5.87. The zero-order valence-electron chi connectivity index (χ0n) is 12.3. The van der Waals surface area contributed by atoms with Crippen LogP contribution in [0.1, 0.15) is 25.6 Å². The third-order valence-electron chi connectivity index (χ3n) is 3.84. The first-order chi connectivity index (χ1) is 10.2. The van der Waals surface area contributed by atoms with Crippen LogP contribution in [0, 0.1) is 0 Å². The topological polar surface area (TPSA) is 50.2 Å². The summed E-state index contributed by atoms with van der Waals surface area (Å²) in [6, 6.07) is -1.82. The van der Waals surface area contributed by atoms with Crippen molar-refractivity contribution in [3.05, 3.63) is 17.2 Å². The number of halogens is 4. The molecule has 1 aromatic heterocycles. The van der Waals surface area contributed by atoms with E-state index in [0.717, 1.165) is 0 Å². The average Bonchev–Trinajstić information content (AvgIpc) is 2.69. The average molecular weight is 339 g/mol. The van der Waals surface area contributed by atoms with Gasteiger partial charge in [0.25, 0.3) is 0 Å². The van der Waals surface area contributed by atoms with Crippen molar-refractivity contribution in [2.45, 2.75) is 44.6 Å². The minimum atomic E-state index is -4.31. The van der Waals surface area contributed by atoms with Crippen molar-refractivity contribution in [2.24, 2.45) is 7.05 Å². The third kappa shape index (κ3) is 3.92. The van der Waals surface area contributed by atoms with Crippen LogP contribution < -0.4 is 5.32 Å². The fourth-order valence-corrected chi connectivity index (χ4v) is 2.89. The number of carbonyl (C=O) groups excluding carboxylic acids is 1. The van der Waals surface area contributed by atoms with Crippen LogP contribution in [0.25, 0.3) is 0 Å². The largest absolute Gasteiger partial charge is 0.404 e. The fourth-order valence-electron chi connectivity index (χ4n) is 2.75. The van der Waals surface area contributed by atoms with Crippen molar-refractivity contribution < 1.29 is 18.0 Å². The van der Waals surface area contributed by atoms with Crippen LogP contribution >= 0.6 is 11.6 Å². The summed E-state index contributed by atoms with van der Waals surface area (Å²) in [7, 11) is 1.66. The normalized spacial score (nSPS) is 23.5. The van der Waals surface area contributed by atoms with E-state index < -0.39 is 12.2 Å². The van der Waals surface area contributed by atoms with Crippen LogP contribution in [0.5, 0.6) is 0 Å². The lowest BCUT2D eigenvalue weighted by molar-refractivity contribution is -0.194. The number of hydrogen-bond donors (Lipinski definition) is 1. The van der Waals surface area contributed by atoms with Gasteiger partial charge in [0.1, 0.15) is 17.0 Å². The van der Waals surface area contributed by atoms with E-state index >= 15 is 0 Å². The van der Waals surface area contributed by atoms with Gasteiger partial charge in [-0.3, -0.25) is 9.69 Å². The van der Waals surface area contributed by atoms with E-state index in [1.54, 1.807) is 11.6 Å². The zero-order valence-corrected chi connectivity index (χ0v) is 13.1. The summed E-state index contributed by atoms with van der Waals surface area (Å²) in [5.41, 5.74) is 0. The smallest absolute Gasteiger partial charge is 0.352 e. The molecule has 9 heteroatoms. The van der Waals surface area contributed by atoms with Crippen molar-refractivity contribution >= 4 is 17.5 Å². The number of nitrogens with one attached hydrogen (secondary N) is 1. The van der Waals surface area contributed by atoms with Crippen LogP contribution in [0.4, 0.5) is 13.2 Å². The first-order valence-corrected chi connectivity index (χ1v) is 7.30. The lowest BCUT2D eigenvalue weighted by Gasteiger charge is -2.40. The van der Waals surface area contributed by atoms with Gasteiger partial charge in [-0.05, 0) is 12.8 Å². The molecule has 0 radical (unpaired) electrons. The molecule has 124 valence electrons. The van der Waals surface area contributed by atoms with Crippen molar-refractivity contribution in [2.75, 3.05) is 6.54 Å². The Morgan fingerprint density at radius 1 is 1.50 bits per heavy atom. The predicted molar refractivity (Wildman–Crippen MR) is 75.3 cm³/mol. The first-order valence-electron chi connectivity index (χ1n) is 6.92. The molecule has 1 fully saturated rings. The number of amides is 1. The van der Waals surface area contributed by atoms with Gasteiger partial charge < -0.3 is 9.88 Å². The second-order valence-electron chi connectivity index (χ2n) is 5.52. The summed E-state index contributed by atoms with van der Waals surface area (Å²) < 4.78 is 41.2. The van der Waals surface area contributed by atoms with Gasteiger partial charge in [-0.1, -0.05) is 11.6 Å².